The lowest BCUT2D eigenvalue weighted by atomic mass is 10.0. The molecular formula is C28H42N8O2. The molecule has 1 aromatic carbocycles. The van der Waals surface area contributed by atoms with E-state index in [1.807, 2.05) is 6.92 Å². The van der Waals surface area contributed by atoms with Gasteiger partial charge in [0, 0.05) is 71.0 Å². The number of likely N-dealkylation sites (N-methyl/N-ethyl adjacent to an activating group) is 1. The first-order valence-electron chi connectivity index (χ1n) is 13.9. The summed E-state index contributed by atoms with van der Waals surface area (Å²) in [4.78, 5) is 39.1. The van der Waals surface area contributed by atoms with E-state index in [2.05, 4.69) is 72.3 Å². The first kappa shape index (κ1) is 27.8. The predicted molar refractivity (Wildman–Crippen MR) is 150 cm³/mol. The van der Waals surface area contributed by atoms with Crippen LogP contribution in [0, 0.1) is 5.92 Å². The number of fused-ring (bicyclic) bond motifs is 2. The minimum atomic E-state index is -0.216. The molecular weight excluding hydrogens is 480 g/mol. The summed E-state index contributed by atoms with van der Waals surface area (Å²) in [5.74, 6) is 0.838. The molecule has 206 valence electrons. The molecule has 2 bridgehead atoms. The molecule has 1 saturated heterocycles. The molecule has 0 saturated carbocycles. The summed E-state index contributed by atoms with van der Waals surface area (Å²) in [7, 11) is 2.17. The number of hydrogen-bond donors (Lipinski definition) is 4. The van der Waals surface area contributed by atoms with Crippen molar-refractivity contribution in [3.05, 3.63) is 47.2 Å². The average molecular weight is 523 g/mol. The number of piperazine rings is 1. The van der Waals surface area contributed by atoms with Crippen LogP contribution in [-0.2, 0) is 17.9 Å². The lowest BCUT2D eigenvalue weighted by molar-refractivity contribution is -0.124. The highest BCUT2D eigenvalue weighted by Gasteiger charge is 2.17. The quantitative estimate of drug-likeness (QED) is 0.473. The van der Waals surface area contributed by atoms with E-state index in [4.69, 9.17) is 0 Å². The number of hydrogen-bond acceptors (Lipinski definition) is 8. The zero-order valence-corrected chi connectivity index (χ0v) is 22.8. The smallest absolute Gasteiger partial charge is 0.256 e. The Bertz CT molecular complexity index is 1050. The van der Waals surface area contributed by atoms with Crippen LogP contribution in [0.15, 0.2) is 30.5 Å². The molecule has 1 atom stereocenters. The van der Waals surface area contributed by atoms with Gasteiger partial charge in [0.1, 0.15) is 11.4 Å². The van der Waals surface area contributed by atoms with Gasteiger partial charge in [-0.1, -0.05) is 31.2 Å². The minimum Gasteiger partial charge on any atom is -0.369 e. The van der Waals surface area contributed by atoms with E-state index in [1.165, 1.54) is 5.56 Å². The fraction of sp³-hybridized carbons (Fsp3) is 0.571. The molecule has 2 aliphatic rings. The fourth-order valence-corrected chi connectivity index (χ4v) is 4.65. The first-order chi connectivity index (χ1) is 18.5. The van der Waals surface area contributed by atoms with Crippen LogP contribution in [0.25, 0.3) is 0 Å². The van der Waals surface area contributed by atoms with Crippen molar-refractivity contribution in [3.8, 4) is 0 Å². The Morgan fingerprint density at radius 3 is 2.42 bits per heavy atom. The third-order valence-electron chi connectivity index (χ3n) is 7.25. The number of nitrogens with one attached hydrogen (secondary N) is 4. The zero-order chi connectivity index (χ0) is 26.7. The third kappa shape index (κ3) is 8.39. The SMILES string of the molecule is C[C@H]1CCCNc2nc(ncc2C(=O)NCc2ccc(CN3CCN(C)CC3)cc2)NCCCCNC1=O. The van der Waals surface area contributed by atoms with E-state index in [9.17, 15) is 9.59 Å². The Morgan fingerprint density at radius 2 is 1.66 bits per heavy atom. The van der Waals surface area contributed by atoms with Gasteiger partial charge < -0.3 is 26.2 Å². The van der Waals surface area contributed by atoms with Gasteiger partial charge in [-0.25, -0.2) is 4.98 Å². The van der Waals surface area contributed by atoms with E-state index in [1.54, 1.807) is 6.20 Å². The molecule has 1 fully saturated rings. The number of carbonyl (C=O) groups excluding carboxylic acids is 2. The Morgan fingerprint density at radius 1 is 0.974 bits per heavy atom. The normalized spacial score (nSPS) is 20.3. The number of rotatable bonds is 5. The van der Waals surface area contributed by atoms with Gasteiger partial charge in [-0.3, -0.25) is 14.5 Å². The summed E-state index contributed by atoms with van der Waals surface area (Å²) in [5, 5.41) is 12.5. The Balaban J connectivity index is 1.34. The van der Waals surface area contributed by atoms with Gasteiger partial charge in [0.05, 0.1) is 0 Å². The molecule has 10 nitrogen and oxygen atoms in total. The van der Waals surface area contributed by atoms with E-state index in [0.29, 0.717) is 43.5 Å². The summed E-state index contributed by atoms with van der Waals surface area (Å²) in [6, 6.07) is 8.46. The van der Waals surface area contributed by atoms with E-state index < -0.39 is 0 Å². The van der Waals surface area contributed by atoms with Crippen molar-refractivity contribution in [2.75, 3.05) is 63.5 Å². The number of carbonyl (C=O) groups is 2. The molecule has 0 aliphatic carbocycles. The van der Waals surface area contributed by atoms with Gasteiger partial charge in [-0.05, 0) is 43.9 Å². The molecule has 2 amide bonds. The van der Waals surface area contributed by atoms with Crippen LogP contribution in [0.2, 0.25) is 0 Å². The molecule has 3 heterocycles. The topological polar surface area (TPSA) is 115 Å². The largest absolute Gasteiger partial charge is 0.369 e. The zero-order valence-electron chi connectivity index (χ0n) is 22.8. The fourth-order valence-electron chi connectivity index (χ4n) is 4.65. The molecule has 10 heteroatoms. The Kier molecular flexibility index (Phi) is 10.3. The van der Waals surface area contributed by atoms with Gasteiger partial charge in [-0.15, -0.1) is 0 Å². The average Bonchev–Trinajstić information content (AvgIpc) is 2.93. The highest BCUT2D eigenvalue weighted by molar-refractivity contribution is 5.98. The van der Waals surface area contributed by atoms with Crippen molar-refractivity contribution in [2.45, 2.75) is 45.7 Å². The molecule has 2 aromatic rings. The van der Waals surface area contributed by atoms with Crippen molar-refractivity contribution >= 4 is 23.6 Å². The lowest BCUT2D eigenvalue weighted by Gasteiger charge is -2.32. The summed E-state index contributed by atoms with van der Waals surface area (Å²) in [5.41, 5.74) is 2.75. The van der Waals surface area contributed by atoms with Crippen LogP contribution in [0.3, 0.4) is 0 Å². The molecule has 1 aromatic heterocycles. The molecule has 4 rings (SSSR count). The summed E-state index contributed by atoms with van der Waals surface area (Å²) in [6.07, 6.45) is 4.91. The van der Waals surface area contributed by atoms with Gasteiger partial charge in [0.25, 0.3) is 5.91 Å². The predicted octanol–water partition coefficient (Wildman–Crippen LogP) is 2.30. The number of anilines is 2. The van der Waals surface area contributed by atoms with Crippen LogP contribution >= 0.6 is 0 Å². The summed E-state index contributed by atoms with van der Waals surface area (Å²) in [6.45, 7) is 9.73. The molecule has 0 radical (unpaired) electrons. The summed E-state index contributed by atoms with van der Waals surface area (Å²) >= 11 is 0. The van der Waals surface area contributed by atoms with Crippen molar-refractivity contribution < 1.29 is 9.59 Å². The highest BCUT2D eigenvalue weighted by atomic mass is 16.2. The van der Waals surface area contributed by atoms with E-state index in [0.717, 1.165) is 64.0 Å². The monoisotopic (exact) mass is 522 g/mol. The van der Waals surface area contributed by atoms with E-state index in [-0.39, 0.29) is 17.7 Å². The summed E-state index contributed by atoms with van der Waals surface area (Å²) < 4.78 is 0. The minimum absolute atomic E-state index is 0.0447. The standard InChI is InChI=1S/C28H42N8O2/c1-21-6-5-13-29-25-24(19-33-28(34-25)31-12-4-3-11-30-26(21)37)27(38)32-18-22-7-9-23(10-8-22)20-36-16-14-35(2)15-17-36/h7-10,19,21H,3-6,11-18,20H2,1-2H3,(H,30,37)(H,32,38)(H2,29,31,33,34)/t21-/m0/s1. The number of amides is 2. The Labute approximate surface area is 226 Å². The second-order valence-corrected chi connectivity index (χ2v) is 10.4. The second-order valence-electron chi connectivity index (χ2n) is 10.4. The lowest BCUT2D eigenvalue weighted by Crippen LogP contribution is -2.43. The van der Waals surface area contributed by atoms with Crippen LogP contribution < -0.4 is 21.3 Å². The van der Waals surface area contributed by atoms with Crippen LogP contribution in [0.4, 0.5) is 11.8 Å². The van der Waals surface area contributed by atoms with E-state index >= 15 is 0 Å². The van der Waals surface area contributed by atoms with Crippen molar-refractivity contribution in [3.63, 3.8) is 0 Å². The second kappa shape index (κ2) is 14.1. The van der Waals surface area contributed by atoms with Gasteiger partial charge in [0.15, 0.2) is 0 Å². The van der Waals surface area contributed by atoms with Crippen molar-refractivity contribution in [1.29, 1.82) is 0 Å². The third-order valence-corrected chi connectivity index (χ3v) is 7.25. The molecule has 2 aliphatic heterocycles. The van der Waals surface area contributed by atoms with Crippen LogP contribution in [0.5, 0.6) is 0 Å². The Hall–Kier alpha value is -3.24. The van der Waals surface area contributed by atoms with Gasteiger partial charge in [-0.2, -0.15) is 4.98 Å². The highest BCUT2D eigenvalue weighted by Crippen LogP contribution is 2.16. The van der Waals surface area contributed by atoms with Gasteiger partial charge >= 0.3 is 0 Å². The molecule has 0 unspecified atom stereocenters. The maximum Gasteiger partial charge on any atom is 0.256 e. The van der Waals surface area contributed by atoms with Crippen LogP contribution in [0.1, 0.15) is 54.1 Å². The molecule has 0 spiro atoms. The first-order valence-corrected chi connectivity index (χ1v) is 13.9. The van der Waals surface area contributed by atoms with Crippen molar-refractivity contribution in [2.24, 2.45) is 5.92 Å². The molecule has 4 N–H and O–H groups in total. The van der Waals surface area contributed by atoms with Crippen LogP contribution in [-0.4, -0.2) is 84.4 Å². The number of nitrogens with zero attached hydrogens (tertiary/aromatic N) is 4. The van der Waals surface area contributed by atoms with Gasteiger partial charge in [0.2, 0.25) is 11.9 Å². The maximum absolute atomic E-state index is 13.1. The molecule has 38 heavy (non-hydrogen) atoms. The number of aromatic nitrogens is 2. The maximum atomic E-state index is 13.1. The van der Waals surface area contributed by atoms with Crippen molar-refractivity contribution in [1.82, 2.24) is 30.4 Å². The number of benzene rings is 1.